The van der Waals surface area contributed by atoms with E-state index in [-0.39, 0.29) is 6.04 Å². The first kappa shape index (κ1) is 6.86. The Morgan fingerprint density at radius 3 is 2.45 bits per heavy atom. The van der Waals surface area contributed by atoms with Crippen molar-refractivity contribution < 1.29 is 0 Å². The second-order valence-electron chi connectivity index (χ2n) is 3.32. The predicted octanol–water partition coefficient (Wildman–Crippen LogP) is 1.80. The lowest BCUT2D eigenvalue weighted by molar-refractivity contribution is 0.788. The average molecular weight is 147 g/mol. The van der Waals surface area contributed by atoms with Crippen LogP contribution >= 0.6 is 0 Å². The Morgan fingerprint density at radius 2 is 2.00 bits per heavy atom. The highest BCUT2D eigenvalue weighted by molar-refractivity contribution is 5.39. The molecule has 0 amide bonds. The van der Waals surface area contributed by atoms with Gasteiger partial charge in [-0.3, -0.25) is 0 Å². The van der Waals surface area contributed by atoms with E-state index in [2.05, 4.69) is 18.2 Å². The third kappa shape index (κ3) is 1.05. The highest BCUT2D eigenvalue weighted by Crippen LogP contribution is 2.25. The normalized spacial score (nSPS) is 16.9. The molecule has 1 aromatic rings. The van der Waals surface area contributed by atoms with Gasteiger partial charge in [-0.1, -0.05) is 18.2 Å². The molecular weight excluding hydrogens is 134 g/mol. The lowest BCUT2D eigenvalue weighted by Gasteiger charge is -2.20. The molecule has 0 bridgehead atoms. The topological polar surface area (TPSA) is 26.0 Å². The van der Waals surface area contributed by atoms with Crippen molar-refractivity contribution in [2.75, 3.05) is 0 Å². The minimum atomic E-state index is 0.181. The maximum absolute atomic E-state index is 5.76. The zero-order valence-electron chi connectivity index (χ0n) is 6.80. The molecule has 0 aliphatic heterocycles. The van der Waals surface area contributed by atoms with Crippen LogP contribution in [-0.4, -0.2) is 0 Å². The second-order valence-corrected chi connectivity index (χ2v) is 3.32. The molecule has 0 fully saturated rings. The number of benzene rings is 1. The fourth-order valence-electron chi connectivity index (χ4n) is 1.50. The van der Waals surface area contributed by atoms with Gasteiger partial charge in [0.1, 0.15) is 0 Å². The lowest BCUT2D eigenvalue weighted by atomic mass is 9.86. The van der Waals surface area contributed by atoms with Crippen LogP contribution in [0.25, 0.3) is 0 Å². The number of fused-ring (bicyclic) bond motifs is 1. The summed E-state index contributed by atoms with van der Waals surface area (Å²) in [5, 5.41) is 0. The summed E-state index contributed by atoms with van der Waals surface area (Å²) < 4.78 is 0. The van der Waals surface area contributed by atoms with Crippen molar-refractivity contribution in [1.29, 1.82) is 0 Å². The van der Waals surface area contributed by atoms with Crippen molar-refractivity contribution in [3.8, 4) is 0 Å². The monoisotopic (exact) mass is 147 g/mol. The molecule has 2 N–H and O–H groups in total. The van der Waals surface area contributed by atoms with E-state index in [1.54, 1.807) is 0 Å². The first-order valence-corrected chi connectivity index (χ1v) is 4.14. The van der Waals surface area contributed by atoms with Gasteiger partial charge in [0.05, 0.1) is 0 Å². The summed E-state index contributed by atoms with van der Waals surface area (Å²) in [6.07, 6.45) is 2.50. The fraction of sp³-hybridized carbons (Fsp3) is 0.400. The van der Waals surface area contributed by atoms with Crippen LogP contribution in [0.3, 0.4) is 0 Å². The average Bonchev–Trinajstić information content (AvgIpc) is 1.91. The van der Waals surface area contributed by atoms with Gasteiger partial charge in [0, 0.05) is 6.04 Å². The van der Waals surface area contributed by atoms with Crippen LogP contribution in [-0.2, 0) is 12.8 Å². The lowest BCUT2D eigenvalue weighted by Crippen LogP contribution is -2.11. The zero-order valence-corrected chi connectivity index (χ0v) is 6.80. The van der Waals surface area contributed by atoms with E-state index < -0.39 is 0 Å². The van der Waals surface area contributed by atoms with E-state index in [4.69, 9.17) is 5.73 Å². The molecule has 0 unspecified atom stereocenters. The third-order valence-corrected chi connectivity index (χ3v) is 2.42. The summed E-state index contributed by atoms with van der Waals surface area (Å²) in [5.74, 6) is 0. The third-order valence-electron chi connectivity index (χ3n) is 2.42. The standard InChI is InChI=1S/C10H13N/c1-7(11)9-4-2-8-3-5-10(8)6-9/h2,4,6-7H,3,5,11H2,1H3/t7-/m0/s1. The molecule has 1 atom stereocenters. The molecule has 1 heteroatoms. The SMILES string of the molecule is C[C@H](N)c1ccc2c(c1)CC2. The van der Waals surface area contributed by atoms with E-state index >= 15 is 0 Å². The summed E-state index contributed by atoms with van der Waals surface area (Å²) >= 11 is 0. The van der Waals surface area contributed by atoms with Gasteiger partial charge in [-0.05, 0) is 36.5 Å². The Bertz CT molecular complexity index is 276. The molecule has 11 heavy (non-hydrogen) atoms. The molecule has 1 aromatic carbocycles. The zero-order chi connectivity index (χ0) is 7.84. The number of hydrogen-bond acceptors (Lipinski definition) is 1. The number of rotatable bonds is 1. The van der Waals surface area contributed by atoms with E-state index in [9.17, 15) is 0 Å². The Morgan fingerprint density at radius 1 is 1.27 bits per heavy atom. The molecule has 0 saturated carbocycles. The highest BCUT2D eigenvalue weighted by Gasteiger charge is 2.13. The van der Waals surface area contributed by atoms with Gasteiger partial charge in [-0.15, -0.1) is 0 Å². The molecule has 1 aliphatic carbocycles. The van der Waals surface area contributed by atoms with Crippen LogP contribution in [0, 0.1) is 0 Å². The minimum absolute atomic E-state index is 0.181. The summed E-state index contributed by atoms with van der Waals surface area (Å²) in [6, 6.07) is 6.77. The van der Waals surface area contributed by atoms with Crippen LogP contribution in [0.1, 0.15) is 29.7 Å². The van der Waals surface area contributed by atoms with Gasteiger partial charge in [0.25, 0.3) is 0 Å². The maximum Gasteiger partial charge on any atom is 0.0266 e. The van der Waals surface area contributed by atoms with Crippen molar-refractivity contribution >= 4 is 0 Å². The van der Waals surface area contributed by atoms with Gasteiger partial charge < -0.3 is 5.73 Å². The summed E-state index contributed by atoms with van der Waals surface area (Å²) in [5.41, 5.74) is 10.0. The van der Waals surface area contributed by atoms with E-state index in [0.29, 0.717) is 0 Å². The van der Waals surface area contributed by atoms with E-state index in [1.165, 1.54) is 29.5 Å². The number of aryl methyl sites for hydroxylation is 2. The molecule has 0 spiro atoms. The summed E-state index contributed by atoms with van der Waals surface area (Å²) in [6.45, 7) is 2.03. The Hall–Kier alpha value is -0.820. The quantitative estimate of drug-likeness (QED) is 0.644. The molecule has 1 nitrogen and oxygen atoms in total. The van der Waals surface area contributed by atoms with Crippen LogP contribution in [0.5, 0.6) is 0 Å². The van der Waals surface area contributed by atoms with Crippen molar-refractivity contribution in [2.24, 2.45) is 5.73 Å². The maximum atomic E-state index is 5.76. The van der Waals surface area contributed by atoms with Crippen LogP contribution in [0.15, 0.2) is 18.2 Å². The van der Waals surface area contributed by atoms with Gasteiger partial charge >= 0.3 is 0 Å². The second kappa shape index (κ2) is 2.35. The molecule has 0 saturated heterocycles. The molecule has 0 radical (unpaired) electrons. The van der Waals surface area contributed by atoms with Crippen LogP contribution < -0.4 is 5.73 Å². The van der Waals surface area contributed by atoms with Gasteiger partial charge in [-0.2, -0.15) is 0 Å². The van der Waals surface area contributed by atoms with Gasteiger partial charge in [0.15, 0.2) is 0 Å². The summed E-state index contributed by atoms with van der Waals surface area (Å²) in [7, 11) is 0. The van der Waals surface area contributed by atoms with Gasteiger partial charge in [0.2, 0.25) is 0 Å². The van der Waals surface area contributed by atoms with E-state index in [0.717, 1.165) is 0 Å². The molecule has 0 heterocycles. The highest BCUT2D eigenvalue weighted by atomic mass is 14.6. The largest absolute Gasteiger partial charge is 0.324 e. The molecular formula is C10H13N. The van der Waals surface area contributed by atoms with Crippen molar-refractivity contribution in [2.45, 2.75) is 25.8 Å². The van der Waals surface area contributed by atoms with Crippen molar-refractivity contribution in [3.05, 3.63) is 34.9 Å². The summed E-state index contributed by atoms with van der Waals surface area (Å²) in [4.78, 5) is 0. The Kier molecular flexibility index (Phi) is 1.46. The van der Waals surface area contributed by atoms with Crippen LogP contribution in [0.2, 0.25) is 0 Å². The Balaban J connectivity index is 2.38. The van der Waals surface area contributed by atoms with E-state index in [1.807, 2.05) is 6.92 Å². The Labute approximate surface area is 67.2 Å². The minimum Gasteiger partial charge on any atom is -0.324 e. The number of nitrogens with two attached hydrogens (primary N) is 1. The smallest absolute Gasteiger partial charge is 0.0266 e. The molecule has 2 rings (SSSR count). The van der Waals surface area contributed by atoms with Crippen molar-refractivity contribution in [1.82, 2.24) is 0 Å². The predicted molar refractivity (Wildman–Crippen MR) is 46.5 cm³/mol. The first-order valence-electron chi connectivity index (χ1n) is 4.14. The molecule has 0 aromatic heterocycles. The molecule has 58 valence electrons. The number of hydrogen-bond donors (Lipinski definition) is 1. The van der Waals surface area contributed by atoms with Crippen molar-refractivity contribution in [3.63, 3.8) is 0 Å². The molecule has 1 aliphatic rings. The van der Waals surface area contributed by atoms with Crippen LogP contribution in [0.4, 0.5) is 0 Å². The van der Waals surface area contributed by atoms with Gasteiger partial charge in [-0.25, -0.2) is 0 Å². The first-order chi connectivity index (χ1) is 5.27. The fourth-order valence-corrected chi connectivity index (χ4v) is 1.50.